The van der Waals surface area contributed by atoms with Gasteiger partial charge in [-0.1, -0.05) is 89.9 Å². The fourth-order valence-electron chi connectivity index (χ4n) is 4.96. The number of hydroxylamine groups is 1. The number of para-hydroxylation sites is 2. The van der Waals surface area contributed by atoms with Gasteiger partial charge in [0, 0.05) is 0 Å². The predicted molar refractivity (Wildman–Crippen MR) is 133 cm³/mol. The van der Waals surface area contributed by atoms with Gasteiger partial charge in [0.2, 0.25) is 5.91 Å². The lowest BCUT2D eigenvalue weighted by Crippen LogP contribution is -2.37. The zero-order chi connectivity index (χ0) is 23.4. The number of amides is 2. The fourth-order valence-corrected chi connectivity index (χ4v) is 5.53. The van der Waals surface area contributed by atoms with Crippen molar-refractivity contribution >= 4 is 57.2 Å². The van der Waals surface area contributed by atoms with E-state index in [1.807, 2.05) is 72.8 Å². The molecule has 2 amide bonds. The van der Waals surface area contributed by atoms with Gasteiger partial charge in [0.1, 0.15) is 5.92 Å². The quantitative estimate of drug-likeness (QED) is 0.322. The maximum Gasteiger partial charge on any atom is 0.266 e. The highest BCUT2D eigenvalue weighted by Gasteiger charge is 2.61. The number of nitrogens with zero attached hydrogens (tertiary/aromatic N) is 2. The SMILES string of the molecule is O=C1[C@@H]2[C@@H](c3cccc4ccccc34)N(c3ccccc3)O[C@H]2C(=O)N1c1c(Cl)cccc1Cl. The largest absolute Gasteiger partial charge is 0.273 e. The molecule has 0 aromatic heterocycles. The van der Waals surface area contributed by atoms with Crippen molar-refractivity contribution in [1.29, 1.82) is 0 Å². The minimum Gasteiger partial charge on any atom is -0.273 e. The van der Waals surface area contributed by atoms with Crippen LogP contribution in [0.15, 0.2) is 91.0 Å². The van der Waals surface area contributed by atoms with E-state index in [9.17, 15) is 9.59 Å². The van der Waals surface area contributed by atoms with Crippen LogP contribution in [0.4, 0.5) is 11.4 Å². The first kappa shape index (κ1) is 21.2. The standard InChI is InChI=1S/C27H18Cl2N2O3/c28-20-14-7-15-21(29)24(20)30-26(32)22-23(19-13-6-9-16-8-4-5-12-18(16)19)31(34-25(22)27(30)33)17-10-2-1-3-11-17/h1-15,22-23,25H/t22-,23-,25-/m1/s1. The van der Waals surface area contributed by atoms with Gasteiger partial charge in [-0.05, 0) is 40.6 Å². The second-order valence-corrected chi connectivity index (χ2v) is 9.12. The Morgan fingerprint density at radius 2 is 1.35 bits per heavy atom. The summed E-state index contributed by atoms with van der Waals surface area (Å²) in [5.74, 6) is -1.64. The molecule has 2 heterocycles. The van der Waals surface area contributed by atoms with Crippen molar-refractivity contribution < 1.29 is 14.4 Å². The van der Waals surface area contributed by atoms with Gasteiger partial charge in [-0.2, -0.15) is 0 Å². The Balaban J connectivity index is 1.53. The van der Waals surface area contributed by atoms with Crippen molar-refractivity contribution in [3.05, 3.63) is 107 Å². The van der Waals surface area contributed by atoms with Gasteiger partial charge in [0.15, 0.2) is 6.10 Å². The molecule has 4 aromatic rings. The van der Waals surface area contributed by atoms with E-state index < -0.39 is 24.0 Å². The molecular weight excluding hydrogens is 471 g/mol. The van der Waals surface area contributed by atoms with E-state index in [0.29, 0.717) is 0 Å². The molecule has 168 valence electrons. The van der Waals surface area contributed by atoms with Crippen molar-refractivity contribution in [3.8, 4) is 0 Å². The Labute approximate surface area is 206 Å². The smallest absolute Gasteiger partial charge is 0.266 e. The Kier molecular flexibility index (Phi) is 5.06. The molecule has 2 fully saturated rings. The molecule has 0 radical (unpaired) electrons. The van der Waals surface area contributed by atoms with Crippen LogP contribution in [-0.4, -0.2) is 17.9 Å². The third-order valence-corrected chi connectivity index (χ3v) is 7.04. The molecule has 0 bridgehead atoms. The number of hydrogen-bond acceptors (Lipinski definition) is 4. The monoisotopic (exact) mass is 488 g/mol. The first-order chi connectivity index (χ1) is 16.6. The number of halogens is 2. The highest BCUT2D eigenvalue weighted by Crippen LogP contribution is 2.50. The number of benzene rings is 4. The first-order valence-electron chi connectivity index (χ1n) is 10.9. The molecule has 34 heavy (non-hydrogen) atoms. The lowest BCUT2D eigenvalue weighted by molar-refractivity contribution is -0.126. The van der Waals surface area contributed by atoms with Crippen LogP contribution in [0.5, 0.6) is 0 Å². The number of hydrogen-bond donors (Lipinski definition) is 0. The number of anilines is 2. The lowest BCUT2D eigenvalue weighted by Gasteiger charge is -2.29. The third kappa shape index (κ3) is 3.12. The molecule has 0 spiro atoms. The van der Waals surface area contributed by atoms with Gasteiger partial charge >= 0.3 is 0 Å². The average Bonchev–Trinajstić information content (AvgIpc) is 3.36. The molecule has 2 aliphatic rings. The van der Waals surface area contributed by atoms with Crippen LogP contribution in [0.2, 0.25) is 10.0 Å². The number of carbonyl (C=O) groups excluding carboxylic acids is 2. The molecule has 7 heteroatoms. The zero-order valence-electron chi connectivity index (χ0n) is 17.8. The van der Waals surface area contributed by atoms with Gasteiger partial charge in [-0.15, -0.1) is 0 Å². The normalized spacial score (nSPS) is 22.0. The second kappa shape index (κ2) is 8.13. The zero-order valence-corrected chi connectivity index (χ0v) is 19.3. The van der Waals surface area contributed by atoms with E-state index in [1.165, 1.54) is 0 Å². The molecule has 4 aromatic carbocycles. The Hall–Kier alpha value is -3.38. The van der Waals surface area contributed by atoms with Crippen molar-refractivity contribution in [2.75, 3.05) is 9.96 Å². The third-order valence-electron chi connectivity index (χ3n) is 6.43. The van der Waals surface area contributed by atoms with Crippen LogP contribution < -0.4 is 9.96 Å². The van der Waals surface area contributed by atoms with Gasteiger partial charge in [-0.3, -0.25) is 14.4 Å². The number of imide groups is 1. The molecule has 0 aliphatic carbocycles. The topological polar surface area (TPSA) is 49.9 Å². The maximum atomic E-state index is 13.9. The Morgan fingerprint density at radius 1 is 0.706 bits per heavy atom. The number of fused-ring (bicyclic) bond motifs is 2. The lowest BCUT2D eigenvalue weighted by atomic mass is 9.87. The highest BCUT2D eigenvalue weighted by atomic mass is 35.5. The van der Waals surface area contributed by atoms with E-state index in [2.05, 4.69) is 0 Å². The molecule has 2 saturated heterocycles. The van der Waals surface area contributed by atoms with Crippen LogP contribution in [0.3, 0.4) is 0 Å². The van der Waals surface area contributed by atoms with Gasteiger partial charge < -0.3 is 0 Å². The van der Waals surface area contributed by atoms with Crippen LogP contribution in [-0.2, 0) is 14.4 Å². The van der Waals surface area contributed by atoms with Crippen LogP contribution in [0, 0.1) is 5.92 Å². The maximum absolute atomic E-state index is 13.9. The second-order valence-electron chi connectivity index (χ2n) is 8.31. The Morgan fingerprint density at radius 3 is 2.12 bits per heavy atom. The predicted octanol–water partition coefficient (Wildman–Crippen LogP) is 6.20. The van der Waals surface area contributed by atoms with Crippen LogP contribution in [0.1, 0.15) is 11.6 Å². The summed E-state index contributed by atoms with van der Waals surface area (Å²) in [7, 11) is 0. The number of carbonyl (C=O) groups is 2. The highest BCUT2D eigenvalue weighted by molar-refractivity contribution is 6.42. The summed E-state index contributed by atoms with van der Waals surface area (Å²) in [6.45, 7) is 0. The van der Waals surface area contributed by atoms with Crippen molar-refractivity contribution in [3.63, 3.8) is 0 Å². The summed E-state index contributed by atoms with van der Waals surface area (Å²) in [5.41, 5.74) is 1.86. The van der Waals surface area contributed by atoms with Crippen molar-refractivity contribution in [1.82, 2.24) is 0 Å². The molecule has 3 atom stereocenters. The van der Waals surface area contributed by atoms with Gasteiger partial charge in [-0.25, -0.2) is 9.96 Å². The molecule has 0 unspecified atom stereocenters. The number of rotatable bonds is 3. The van der Waals surface area contributed by atoms with Crippen molar-refractivity contribution in [2.45, 2.75) is 12.1 Å². The summed E-state index contributed by atoms with van der Waals surface area (Å²) in [4.78, 5) is 34.8. The summed E-state index contributed by atoms with van der Waals surface area (Å²) in [6.07, 6.45) is -0.996. The molecule has 6 rings (SSSR count). The Bertz CT molecular complexity index is 1420. The molecule has 0 N–H and O–H groups in total. The van der Waals surface area contributed by atoms with Crippen LogP contribution in [0.25, 0.3) is 10.8 Å². The summed E-state index contributed by atoms with van der Waals surface area (Å²) in [6, 6.07) is 27.8. The van der Waals surface area contributed by atoms with Crippen molar-refractivity contribution in [2.24, 2.45) is 5.92 Å². The molecule has 2 aliphatic heterocycles. The summed E-state index contributed by atoms with van der Waals surface area (Å²) < 4.78 is 0. The molecule has 5 nitrogen and oxygen atoms in total. The molecular formula is C27H18Cl2N2O3. The summed E-state index contributed by atoms with van der Waals surface area (Å²) in [5, 5.41) is 4.19. The van der Waals surface area contributed by atoms with E-state index in [1.54, 1.807) is 23.3 Å². The van der Waals surface area contributed by atoms with E-state index >= 15 is 0 Å². The van der Waals surface area contributed by atoms with E-state index in [0.717, 1.165) is 26.9 Å². The van der Waals surface area contributed by atoms with Gasteiger partial charge in [0.05, 0.1) is 27.5 Å². The van der Waals surface area contributed by atoms with E-state index in [-0.39, 0.29) is 21.6 Å². The fraction of sp³-hybridized carbons (Fsp3) is 0.111. The average molecular weight is 489 g/mol. The minimum absolute atomic E-state index is 0.196. The van der Waals surface area contributed by atoms with Crippen LogP contribution >= 0.6 is 23.2 Å². The summed E-state index contributed by atoms with van der Waals surface area (Å²) >= 11 is 12.7. The minimum atomic E-state index is -0.996. The van der Waals surface area contributed by atoms with Gasteiger partial charge in [0.25, 0.3) is 5.91 Å². The first-order valence-corrected chi connectivity index (χ1v) is 11.6. The van der Waals surface area contributed by atoms with E-state index in [4.69, 9.17) is 28.0 Å². The molecule has 0 saturated carbocycles.